The van der Waals surface area contributed by atoms with Crippen molar-refractivity contribution >= 4 is 38.2 Å². The van der Waals surface area contributed by atoms with E-state index >= 15 is 4.39 Å². The van der Waals surface area contributed by atoms with Gasteiger partial charge in [0.25, 0.3) is 0 Å². The van der Waals surface area contributed by atoms with E-state index in [0.29, 0.717) is 66.7 Å². The molecular formula is C38H31F2N5O4S. The van der Waals surface area contributed by atoms with Gasteiger partial charge in [-0.2, -0.15) is 5.10 Å². The highest BCUT2D eigenvalue weighted by molar-refractivity contribution is 7.17. The smallest absolute Gasteiger partial charge is 0.246 e. The number of fused-ring (bicyclic) bond motifs is 10. The first kappa shape index (κ1) is 30.8. The number of amides is 1. The molecule has 6 aromatic rings. The zero-order chi connectivity index (χ0) is 34.1. The van der Waals surface area contributed by atoms with Crippen LogP contribution >= 0.6 is 11.3 Å². The topological polar surface area (TPSA) is 91.6 Å². The molecule has 0 saturated heterocycles. The molecule has 0 saturated carbocycles. The van der Waals surface area contributed by atoms with E-state index in [4.69, 9.17) is 24.2 Å². The van der Waals surface area contributed by atoms with Gasteiger partial charge < -0.3 is 19.1 Å². The van der Waals surface area contributed by atoms with Gasteiger partial charge in [-0.1, -0.05) is 12.6 Å². The number of carbonyl (C=O) groups excluding carboxylic acids is 1. The molecule has 9 rings (SSSR count). The number of rotatable bonds is 2. The number of hydrogen-bond donors (Lipinski definition) is 0. The Morgan fingerprint density at radius 3 is 2.82 bits per heavy atom. The van der Waals surface area contributed by atoms with E-state index in [-0.39, 0.29) is 30.4 Å². The molecule has 50 heavy (non-hydrogen) atoms. The molecule has 3 aliphatic heterocycles. The molecule has 1 unspecified atom stereocenters. The summed E-state index contributed by atoms with van der Waals surface area (Å²) in [5, 5.41) is 8.12. The summed E-state index contributed by atoms with van der Waals surface area (Å²) in [4.78, 5) is 24.9. The highest BCUT2D eigenvalue weighted by atomic mass is 32.1. The van der Waals surface area contributed by atoms with E-state index in [0.717, 1.165) is 44.6 Å². The number of benzene rings is 2. The zero-order valence-electron chi connectivity index (χ0n) is 27.2. The lowest BCUT2D eigenvalue weighted by molar-refractivity contribution is -0.126. The number of halogens is 2. The van der Waals surface area contributed by atoms with Gasteiger partial charge in [-0.25, -0.2) is 13.8 Å². The quantitative estimate of drug-likeness (QED) is 0.179. The van der Waals surface area contributed by atoms with Crippen LogP contribution in [-0.4, -0.2) is 56.9 Å². The molecule has 9 nitrogen and oxygen atoms in total. The fourth-order valence-corrected chi connectivity index (χ4v) is 8.30. The van der Waals surface area contributed by atoms with Crippen LogP contribution in [-0.2, 0) is 35.1 Å². The van der Waals surface area contributed by atoms with Crippen molar-refractivity contribution in [1.82, 2.24) is 24.6 Å². The van der Waals surface area contributed by atoms with Crippen molar-refractivity contribution < 1.29 is 27.8 Å². The number of aromatic nitrogens is 4. The number of carbonyl (C=O) groups is 1. The minimum absolute atomic E-state index is 0.0304. The Morgan fingerprint density at radius 1 is 1.06 bits per heavy atom. The van der Waals surface area contributed by atoms with Gasteiger partial charge in [0.15, 0.2) is 0 Å². The summed E-state index contributed by atoms with van der Waals surface area (Å²) in [6, 6.07) is 11.9. The molecular weight excluding hydrogens is 661 g/mol. The molecule has 4 aromatic heterocycles. The Kier molecular flexibility index (Phi) is 7.22. The van der Waals surface area contributed by atoms with E-state index in [1.54, 1.807) is 15.8 Å². The normalized spacial score (nSPS) is 18.5. The van der Waals surface area contributed by atoms with Gasteiger partial charge in [0.2, 0.25) is 11.5 Å². The molecule has 2 aromatic carbocycles. The molecule has 3 aliphatic rings. The summed E-state index contributed by atoms with van der Waals surface area (Å²) in [7, 11) is 1.89. The van der Waals surface area contributed by atoms with Crippen molar-refractivity contribution in [2.24, 2.45) is 7.05 Å². The van der Waals surface area contributed by atoms with Gasteiger partial charge in [0.1, 0.15) is 28.8 Å². The zero-order valence-corrected chi connectivity index (χ0v) is 28.0. The SMILES string of the molecule is C=CC(=O)N1CCc2ccc(C34COCCCCOc5cc6c(cnn6C)cc5-c5nc3c(c3sccc53)-c3c(F)cc(F)cc3O4)nc2C1. The fraction of sp³-hybridized carbons (Fsp3) is 0.263. The number of pyridine rings is 2. The predicted octanol–water partition coefficient (Wildman–Crippen LogP) is 7.09. The molecule has 0 N–H and O–H groups in total. The van der Waals surface area contributed by atoms with Crippen LogP contribution in [0, 0.1) is 11.6 Å². The monoisotopic (exact) mass is 691 g/mol. The lowest BCUT2D eigenvalue weighted by atomic mass is 9.83. The predicted molar refractivity (Wildman–Crippen MR) is 185 cm³/mol. The number of hydrogen-bond acceptors (Lipinski definition) is 8. The van der Waals surface area contributed by atoms with Gasteiger partial charge in [0.05, 0.1) is 54.1 Å². The Balaban J connectivity index is 1.36. The highest BCUT2D eigenvalue weighted by Gasteiger charge is 2.49. The van der Waals surface area contributed by atoms with Gasteiger partial charge >= 0.3 is 0 Å². The maximum Gasteiger partial charge on any atom is 0.246 e. The van der Waals surface area contributed by atoms with Crippen molar-refractivity contribution in [2.45, 2.75) is 31.4 Å². The molecule has 1 atom stereocenters. The highest BCUT2D eigenvalue weighted by Crippen LogP contribution is 2.54. The largest absolute Gasteiger partial charge is 0.493 e. The van der Waals surface area contributed by atoms with Crippen LogP contribution < -0.4 is 9.47 Å². The molecule has 7 heterocycles. The Morgan fingerprint density at radius 2 is 1.94 bits per heavy atom. The van der Waals surface area contributed by atoms with Crippen LogP contribution in [0.1, 0.15) is 35.5 Å². The summed E-state index contributed by atoms with van der Waals surface area (Å²) < 4.78 is 53.3. The van der Waals surface area contributed by atoms with E-state index in [1.165, 1.54) is 23.5 Å². The average Bonchev–Trinajstić information content (AvgIpc) is 3.76. The second-order valence-electron chi connectivity index (χ2n) is 12.8. The third-order valence-corrected chi connectivity index (χ3v) is 10.8. The van der Waals surface area contributed by atoms with Gasteiger partial charge in [-0.3, -0.25) is 14.5 Å². The fourth-order valence-electron chi connectivity index (χ4n) is 7.35. The molecule has 252 valence electrons. The van der Waals surface area contributed by atoms with Crippen LogP contribution in [0.4, 0.5) is 8.78 Å². The van der Waals surface area contributed by atoms with Crippen LogP contribution in [0.3, 0.4) is 0 Å². The maximum atomic E-state index is 16.0. The molecule has 2 bridgehead atoms. The second kappa shape index (κ2) is 11.7. The van der Waals surface area contributed by atoms with Crippen molar-refractivity contribution in [3.8, 4) is 33.9 Å². The minimum Gasteiger partial charge on any atom is -0.493 e. The molecule has 1 amide bonds. The summed E-state index contributed by atoms with van der Waals surface area (Å²) in [6.07, 6.45) is 5.15. The van der Waals surface area contributed by atoms with E-state index < -0.39 is 17.2 Å². The Labute approximate surface area is 289 Å². The number of ether oxygens (including phenoxy) is 3. The molecule has 12 heteroatoms. The summed E-state index contributed by atoms with van der Waals surface area (Å²) in [6.45, 7) is 5.29. The minimum atomic E-state index is -1.51. The van der Waals surface area contributed by atoms with Crippen molar-refractivity contribution in [3.63, 3.8) is 0 Å². The lowest BCUT2D eigenvalue weighted by Crippen LogP contribution is -2.44. The summed E-state index contributed by atoms with van der Waals surface area (Å²) in [5.74, 6) is -1.01. The van der Waals surface area contributed by atoms with Gasteiger partial charge in [-0.15, -0.1) is 11.3 Å². The first-order chi connectivity index (χ1) is 24.3. The number of aryl methyl sites for hydroxylation is 1. The van der Waals surface area contributed by atoms with Gasteiger partial charge in [0, 0.05) is 65.0 Å². The summed E-state index contributed by atoms with van der Waals surface area (Å²) in [5.41, 5.74) is 3.99. The maximum absolute atomic E-state index is 16.0. The molecule has 0 aliphatic carbocycles. The Hall–Kier alpha value is -5.20. The first-order valence-corrected chi connectivity index (χ1v) is 17.4. The standard InChI is InChI=1S/C38H31F2N5O4S/c1-3-32(46)45-10-8-21-6-7-31(42-27(21)19-45)38-20-47-11-4-5-12-48-29-17-28-22(18-41-44(28)2)14-25(29)35-24-9-13-50-36(24)34(37(38)43-35)33-26(40)15-23(39)16-30(33)49-38/h3,6-7,9,13-18H,1,4-5,8,10-12,19-20H2,2H3. The van der Waals surface area contributed by atoms with Crippen LogP contribution in [0.15, 0.2) is 66.7 Å². The van der Waals surface area contributed by atoms with Crippen molar-refractivity contribution in [1.29, 1.82) is 0 Å². The third-order valence-electron chi connectivity index (χ3n) is 9.85. The van der Waals surface area contributed by atoms with Crippen LogP contribution in [0.25, 0.3) is 43.4 Å². The van der Waals surface area contributed by atoms with Gasteiger partial charge in [-0.05, 0) is 54.5 Å². The van der Waals surface area contributed by atoms with E-state index in [1.807, 2.05) is 42.8 Å². The summed E-state index contributed by atoms with van der Waals surface area (Å²) >= 11 is 1.45. The van der Waals surface area contributed by atoms with Crippen LogP contribution in [0.2, 0.25) is 0 Å². The second-order valence-corrected chi connectivity index (χ2v) is 13.8. The Bertz CT molecular complexity index is 2390. The molecule has 0 fully saturated rings. The van der Waals surface area contributed by atoms with Crippen molar-refractivity contribution in [2.75, 3.05) is 26.4 Å². The van der Waals surface area contributed by atoms with E-state index in [2.05, 4.69) is 11.7 Å². The van der Waals surface area contributed by atoms with Crippen LogP contribution in [0.5, 0.6) is 11.5 Å². The lowest BCUT2D eigenvalue weighted by Gasteiger charge is -2.40. The third kappa shape index (κ3) is 4.73. The molecule has 0 radical (unpaired) electrons. The van der Waals surface area contributed by atoms with Crippen molar-refractivity contribution in [3.05, 3.63) is 101 Å². The molecule has 0 spiro atoms. The number of thiophene rings is 1. The number of nitrogens with zero attached hydrogens (tertiary/aromatic N) is 5. The first-order valence-electron chi connectivity index (χ1n) is 16.5. The van der Waals surface area contributed by atoms with E-state index in [9.17, 15) is 9.18 Å². The average molecular weight is 692 g/mol.